The number of hydrogen-bond donors (Lipinski definition) is 3. The van der Waals surface area contributed by atoms with Gasteiger partial charge < -0.3 is 33.8 Å². The third-order valence-corrected chi connectivity index (χ3v) is 16.9. The molecule has 5 unspecified atom stereocenters. The second-order valence-electron chi connectivity index (χ2n) is 24.2. The van der Waals surface area contributed by atoms with Gasteiger partial charge in [-0.1, -0.05) is 266 Å². The van der Waals surface area contributed by atoms with Crippen LogP contribution in [-0.4, -0.2) is 96.7 Å². The number of phosphoric acid groups is 2. The minimum atomic E-state index is -4.98. The average Bonchev–Trinajstić information content (AvgIpc) is 1.24. The van der Waals surface area contributed by atoms with Gasteiger partial charge in [0.1, 0.15) is 19.3 Å². The highest BCUT2D eigenvalue weighted by Crippen LogP contribution is 2.45. The fraction of sp³-hybridized carbons (Fsp3) is 0.733. The Kier molecular flexibility index (Phi) is 64.7. The van der Waals surface area contributed by atoms with Crippen molar-refractivity contribution in [3.05, 3.63) is 97.2 Å². The van der Waals surface area contributed by atoms with Crippen LogP contribution in [0.4, 0.5) is 0 Å². The Morgan fingerprint density at radius 1 is 0.309 bits per heavy atom. The van der Waals surface area contributed by atoms with E-state index in [1.54, 1.807) is 0 Å². The molecule has 0 rings (SSSR count). The number of allylic oxidation sites excluding steroid dienone is 16. The monoisotopic (exact) mass is 1360 g/mol. The van der Waals surface area contributed by atoms with Gasteiger partial charge in [-0.3, -0.25) is 37.3 Å². The molecule has 0 saturated heterocycles. The molecule has 0 aliphatic carbocycles. The van der Waals surface area contributed by atoms with Crippen molar-refractivity contribution < 1.29 is 80.2 Å². The van der Waals surface area contributed by atoms with Gasteiger partial charge in [0, 0.05) is 25.7 Å². The molecule has 0 amide bonds. The summed E-state index contributed by atoms with van der Waals surface area (Å²) in [4.78, 5) is 72.5. The van der Waals surface area contributed by atoms with E-state index in [2.05, 4.69) is 107 Å². The van der Waals surface area contributed by atoms with Gasteiger partial charge in [-0.2, -0.15) is 0 Å². The van der Waals surface area contributed by atoms with Gasteiger partial charge in [-0.05, 0) is 103 Å². The van der Waals surface area contributed by atoms with E-state index in [-0.39, 0.29) is 25.7 Å². The first-order chi connectivity index (χ1) is 45.7. The normalized spacial score (nSPS) is 14.6. The summed E-state index contributed by atoms with van der Waals surface area (Å²) in [7, 11) is -9.95. The van der Waals surface area contributed by atoms with E-state index >= 15 is 0 Å². The molecule has 542 valence electrons. The summed E-state index contributed by atoms with van der Waals surface area (Å²) in [6, 6.07) is 0. The summed E-state index contributed by atoms with van der Waals surface area (Å²) >= 11 is 0. The van der Waals surface area contributed by atoms with Crippen molar-refractivity contribution in [2.24, 2.45) is 0 Å². The van der Waals surface area contributed by atoms with Crippen LogP contribution in [0.15, 0.2) is 97.2 Å². The smallest absolute Gasteiger partial charge is 0.462 e. The largest absolute Gasteiger partial charge is 0.472 e. The molecule has 0 heterocycles. The zero-order valence-corrected chi connectivity index (χ0v) is 60.7. The van der Waals surface area contributed by atoms with Gasteiger partial charge in [0.25, 0.3) is 0 Å². The first-order valence-corrected chi connectivity index (χ1v) is 39.5. The lowest BCUT2D eigenvalue weighted by Crippen LogP contribution is -2.30. The highest BCUT2D eigenvalue weighted by Gasteiger charge is 2.30. The predicted octanol–water partition coefficient (Wildman–Crippen LogP) is 20.4. The van der Waals surface area contributed by atoms with Crippen LogP contribution in [0.1, 0.15) is 297 Å². The molecule has 0 fully saturated rings. The van der Waals surface area contributed by atoms with E-state index in [1.165, 1.54) is 83.5 Å². The standard InChI is InChI=1S/C75H130O17P2/c1-5-9-13-17-21-25-29-31-32-33-34-35-36-38-42-44-48-52-56-60-73(78)86-66-71(92-75(80)62-58-54-50-46-40-28-24-20-16-12-8-4)68-90-94(83,84)88-64-69(76)63-87-93(81,82)89-67-70(91-74(79)61-57-53-49-45-39-27-23-19-15-11-7-3)65-85-72(77)59-55-51-47-43-41-37-30-26-22-18-14-10-6-2/h9,13,19-21,23-25,31-32,34-35,38,42,48,52,69-71,76H,5-8,10-12,14-18,22,26-30,33,36-37,39-41,43-47,49-51,53-68H2,1-4H3,(H,81,82)(H,83,84)/b13-9-,23-19-,24-20-,25-21-,32-31-,35-34-,42-38-,52-48-. The summed E-state index contributed by atoms with van der Waals surface area (Å²) in [5, 5.41) is 10.6. The maximum absolute atomic E-state index is 13.0. The maximum Gasteiger partial charge on any atom is 0.472 e. The fourth-order valence-electron chi connectivity index (χ4n) is 9.44. The van der Waals surface area contributed by atoms with Crippen molar-refractivity contribution in [3.63, 3.8) is 0 Å². The Labute approximate surface area is 569 Å². The van der Waals surface area contributed by atoms with Crippen molar-refractivity contribution in [1.82, 2.24) is 0 Å². The van der Waals surface area contributed by atoms with Crippen molar-refractivity contribution >= 4 is 39.5 Å². The molecule has 5 atom stereocenters. The fourth-order valence-corrected chi connectivity index (χ4v) is 11.0. The molecule has 0 aromatic heterocycles. The van der Waals surface area contributed by atoms with Crippen LogP contribution in [0.25, 0.3) is 0 Å². The quantitative estimate of drug-likeness (QED) is 0.0169. The zero-order valence-electron chi connectivity index (χ0n) is 58.9. The lowest BCUT2D eigenvalue weighted by atomic mass is 10.0. The van der Waals surface area contributed by atoms with Crippen LogP contribution in [0, 0.1) is 0 Å². The molecule has 0 radical (unpaired) electrons. The molecule has 17 nitrogen and oxygen atoms in total. The molecule has 94 heavy (non-hydrogen) atoms. The van der Waals surface area contributed by atoms with E-state index in [1.807, 2.05) is 18.2 Å². The Balaban J connectivity index is 5.34. The number of phosphoric ester groups is 2. The number of esters is 4. The van der Waals surface area contributed by atoms with Crippen LogP contribution in [-0.2, 0) is 65.4 Å². The van der Waals surface area contributed by atoms with Crippen LogP contribution < -0.4 is 0 Å². The Bertz CT molecular complexity index is 2170. The molecule has 0 saturated carbocycles. The predicted molar refractivity (Wildman–Crippen MR) is 381 cm³/mol. The van der Waals surface area contributed by atoms with E-state index in [0.717, 1.165) is 128 Å². The molecule has 3 N–H and O–H groups in total. The second-order valence-corrected chi connectivity index (χ2v) is 27.1. The van der Waals surface area contributed by atoms with E-state index in [4.69, 9.17) is 37.0 Å². The molecule has 19 heteroatoms. The molecule has 0 spiro atoms. The topological polar surface area (TPSA) is 237 Å². The minimum Gasteiger partial charge on any atom is -0.462 e. The second kappa shape index (κ2) is 67.5. The van der Waals surface area contributed by atoms with Crippen LogP contribution in [0.5, 0.6) is 0 Å². The Hall–Kier alpha value is -4.02. The molecule has 0 aliphatic heterocycles. The van der Waals surface area contributed by atoms with Crippen LogP contribution in [0.3, 0.4) is 0 Å². The molecule has 0 bridgehead atoms. The lowest BCUT2D eigenvalue weighted by Gasteiger charge is -2.21. The van der Waals surface area contributed by atoms with Gasteiger partial charge in [0.05, 0.1) is 26.4 Å². The molecule has 0 aromatic carbocycles. The van der Waals surface area contributed by atoms with E-state index in [0.29, 0.717) is 32.1 Å². The van der Waals surface area contributed by atoms with Gasteiger partial charge in [0.15, 0.2) is 12.2 Å². The summed E-state index contributed by atoms with van der Waals surface area (Å²) in [5.74, 6) is -2.28. The first-order valence-electron chi connectivity index (χ1n) is 36.5. The van der Waals surface area contributed by atoms with Gasteiger partial charge in [-0.25, -0.2) is 9.13 Å². The third-order valence-electron chi connectivity index (χ3n) is 15.0. The molecule has 0 aromatic rings. The number of aliphatic hydroxyl groups is 1. The first kappa shape index (κ1) is 90.0. The number of carbonyl (C=O) groups excluding carboxylic acids is 4. The summed E-state index contributed by atoms with van der Waals surface area (Å²) in [6.45, 7) is 4.57. The van der Waals surface area contributed by atoms with Crippen molar-refractivity contribution in [2.45, 2.75) is 316 Å². The summed E-state index contributed by atoms with van der Waals surface area (Å²) in [5.41, 5.74) is 0. The molecular formula is C75H130O17P2. The number of unbranched alkanes of at least 4 members (excludes halogenated alkanes) is 26. The third kappa shape index (κ3) is 66.6. The number of carbonyl (C=O) groups is 4. The summed E-state index contributed by atoms with van der Waals surface area (Å²) in [6.07, 6.45) is 68.7. The van der Waals surface area contributed by atoms with E-state index < -0.39 is 97.5 Å². The highest BCUT2D eigenvalue weighted by molar-refractivity contribution is 7.47. The van der Waals surface area contributed by atoms with Gasteiger partial charge in [-0.15, -0.1) is 0 Å². The van der Waals surface area contributed by atoms with Gasteiger partial charge in [0.2, 0.25) is 0 Å². The average molecular weight is 1370 g/mol. The molecule has 0 aliphatic rings. The highest BCUT2D eigenvalue weighted by atomic mass is 31.2. The van der Waals surface area contributed by atoms with Crippen LogP contribution in [0.2, 0.25) is 0 Å². The van der Waals surface area contributed by atoms with Gasteiger partial charge >= 0.3 is 39.5 Å². The summed E-state index contributed by atoms with van der Waals surface area (Å²) < 4.78 is 68.2. The zero-order chi connectivity index (χ0) is 69.0. The SMILES string of the molecule is CC/C=C\C/C=C\C/C=C\C/C=C\C/C=C\C/C=C\CCC(=O)OCC(COP(=O)(O)OCC(O)COP(=O)(O)OCC(COC(=O)CCCCCCCCCCCCCCC)OC(=O)CCCCCCC/C=C\CCCC)OC(=O)CCCCCCC/C=C\CCCC. The number of ether oxygens (including phenoxy) is 4. The maximum atomic E-state index is 13.0. The van der Waals surface area contributed by atoms with Crippen LogP contribution >= 0.6 is 15.6 Å². The van der Waals surface area contributed by atoms with Crippen molar-refractivity contribution in [3.8, 4) is 0 Å². The molecular weight excluding hydrogens is 1230 g/mol. The number of aliphatic hydroxyl groups excluding tert-OH is 1. The van der Waals surface area contributed by atoms with Crippen molar-refractivity contribution in [2.75, 3.05) is 39.6 Å². The lowest BCUT2D eigenvalue weighted by molar-refractivity contribution is -0.161. The Morgan fingerprint density at radius 3 is 0.947 bits per heavy atom. The minimum absolute atomic E-state index is 0.0345. The van der Waals surface area contributed by atoms with Crippen molar-refractivity contribution in [1.29, 1.82) is 0 Å². The number of rotatable bonds is 68. The Morgan fingerprint density at radius 2 is 0.585 bits per heavy atom. The number of hydrogen-bond acceptors (Lipinski definition) is 15. The van der Waals surface area contributed by atoms with E-state index in [9.17, 15) is 43.2 Å².